The standard InChI is InChI=1S/C10H16O3/c1-7(2)10(4)12-8(3)5-9(6-11)13-10/h5-7,9H,1-4H3. The lowest BCUT2D eigenvalue weighted by atomic mass is 10.0. The molecule has 3 nitrogen and oxygen atoms in total. The molecule has 3 heteroatoms. The summed E-state index contributed by atoms with van der Waals surface area (Å²) >= 11 is 0. The fraction of sp³-hybridized carbons (Fsp3) is 0.700. The van der Waals surface area contributed by atoms with Gasteiger partial charge in [0.25, 0.3) is 0 Å². The summed E-state index contributed by atoms with van der Waals surface area (Å²) in [6.07, 6.45) is 1.99. The highest BCUT2D eigenvalue weighted by molar-refractivity contribution is 5.59. The van der Waals surface area contributed by atoms with Gasteiger partial charge >= 0.3 is 0 Å². The van der Waals surface area contributed by atoms with E-state index in [9.17, 15) is 4.79 Å². The molecule has 0 aliphatic carbocycles. The molecule has 0 bridgehead atoms. The van der Waals surface area contributed by atoms with E-state index in [1.807, 2.05) is 27.7 Å². The van der Waals surface area contributed by atoms with Crippen molar-refractivity contribution in [2.75, 3.05) is 0 Å². The lowest BCUT2D eigenvalue weighted by molar-refractivity contribution is -0.251. The van der Waals surface area contributed by atoms with Crippen LogP contribution in [-0.2, 0) is 14.3 Å². The summed E-state index contributed by atoms with van der Waals surface area (Å²) in [4.78, 5) is 10.6. The van der Waals surface area contributed by atoms with Gasteiger partial charge in [-0.2, -0.15) is 0 Å². The topological polar surface area (TPSA) is 35.5 Å². The van der Waals surface area contributed by atoms with Crippen LogP contribution in [-0.4, -0.2) is 18.2 Å². The van der Waals surface area contributed by atoms with Gasteiger partial charge in [-0.05, 0) is 13.0 Å². The number of carbonyl (C=O) groups excluding carboxylic acids is 1. The Balaban J connectivity index is 2.84. The summed E-state index contributed by atoms with van der Waals surface area (Å²) in [7, 11) is 0. The molecule has 74 valence electrons. The van der Waals surface area contributed by atoms with Crippen LogP contribution < -0.4 is 0 Å². The second kappa shape index (κ2) is 3.50. The molecule has 13 heavy (non-hydrogen) atoms. The summed E-state index contributed by atoms with van der Waals surface area (Å²) in [6.45, 7) is 7.69. The average molecular weight is 184 g/mol. The summed E-state index contributed by atoms with van der Waals surface area (Å²) in [5.41, 5.74) is 0. The van der Waals surface area contributed by atoms with E-state index in [-0.39, 0.29) is 5.92 Å². The van der Waals surface area contributed by atoms with E-state index < -0.39 is 11.9 Å². The summed E-state index contributed by atoms with van der Waals surface area (Å²) in [5, 5.41) is 0. The SMILES string of the molecule is CC1=CC(C=O)OC(C)(C(C)C)O1. The Bertz CT molecular complexity index is 232. The lowest BCUT2D eigenvalue weighted by Gasteiger charge is -2.39. The maximum Gasteiger partial charge on any atom is 0.210 e. The Morgan fingerprint density at radius 2 is 2.23 bits per heavy atom. The molecular formula is C10H16O3. The molecule has 0 fully saturated rings. The molecule has 0 saturated heterocycles. The number of aldehydes is 1. The Hall–Kier alpha value is -0.830. The van der Waals surface area contributed by atoms with E-state index >= 15 is 0 Å². The molecular weight excluding hydrogens is 168 g/mol. The van der Waals surface area contributed by atoms with E-state index in [0.717, 1.165) is 12.0 Å². The highest BCUT2D eigenvalue weighted by Crippen LogP contribution is 2.30. The van der Waals surface area contributed by atoms with Crippen molar-refractivity contribution in [2.45, 2.75) is 39.6 Å². The third-order valence-electron chi connectivity index (χ3n) is 2.32. The Morgan fingerprint density at radius 1 is 1.62 bits per heavy atom. The minimum Gasteiger partial charge on any atom is -0.467 e. The zero-order valence-electron chi connectivity index (χ0n) is 8.53. The van der Waals surface area contributed by atoms with Gasteiger partial charge in [0.15, 0.2) is 6.29 Å². The number of allylic oxidation sites excluding steroid dienone is 1. The van der Waals surface area contributed by atoms with Gasteiger partial charge in [0.05, 0.1) is 5.76 Å². The smallest absolute Gasteiger partial charge is 0.210 e. The molecule has 0 aromatic carbocycles. The maximum atomic E-state index is 10.6. The summed E-state index contributed by atoms with van der Waals surface area (Å²) in [6, 6.07) is 0. The van der Waals surface area contributed by atoms with Crippen molar-refractivity contribution in [1.29, 1.82) is 0 Å². The van der Waals surface area contributed by atoms with Crippen molar-refractivity contribution in [3.63, 3.8) is 0 Å². The second-order valence-corrected chi connectivity index (χ2v) is 3.77. The van der Waals surface area contributed by atoms with Crippen LogP contribution in [0, 0.1) is 5.92 Å². The van der Waals surface area contributed by atoms with Crippen LogP contribution in [0.4, 0.5) is 0 Å². The Labute approximate surface area is 78.7 Å². The van der Waals surface area contributed by atoms with Crippen molar-refractivity contribution in [1.82, 2.24) is 0 Å². The van der Waals surface area contributed by atoms with Gasteiger partial charge in [-0.25, -0.2) is 0 Å². The van der Waals surface area contributed by atoms with Gasteiger partial charge in [0.2, 0.25) is 5.79 Å². The first-order chi connectivity index (χ1) is 5.98. The van der Waals surface area contributed by atoms with Crippen LogP contribution >= 0.6 is 0 Å². The number of carbonyl (C=O) groups is 1. The molecule has 0 radical (unpaired) electrons. The van der Waals surface area contributed by atoms with Crippen molar-refractivity contribution in [3.05, 3.63) is 11.8 Å². The first-order valence-electron chi connectivity index (χ1n) is 4.48. The normalized spacial score (nSPS) is 33.9. The third kappa shape index (κ3) is 2.10. The van der Waals surface area contributed by atoms with Gasteiger partial charge in [-0.3, -0.25) is 0 Å². The monoisotopic (exact) mass is 184 g/mol. The zero-order valence-corrected chi connectivity index (χ0v) is 8.53. The minimum atomic E-state index is -0.676. The first-order valence-corrected chi connectivity index (χ1v) is 4.48. The molecule has 1 aliphatic rings. The average Bonchev–Trinajstić information content (AvgIpc) is 2.02. The highest BCUT2D eigenvalue weighted by atomic mass is 16.7. The van der Waals surface area contributed by atoms with Crippen molar-refractivity contribution in [2.24, 2.45) is 5.92 Å². The molecule has 1 rings (SSSR count). The van der Waals surface area contributed by atoms with E-state index in [2.05, 4.69) is 0 Å². The number of hydrogen-bond acceptors (Lipinski definition) is 3. The highest BCUT2D eigenvalue weighted by Gasteiger charge is 2.37. The van der Waals surface area contributed by atoms with Gasteiger partial charge < -0.3 is 14.3 Å². The first kappa shape index (κ1) is 10.3. The van der Waals surface area contributed by atoms with Gasteiger partial charge in [-0.15, -0.1) is 0 Å². The third-order valence-corrected chi connectivity index (χ3v) is 2.32. The molecule has 0 amide bonds. The molecule has 2 unspecified atom stereocenters. The maximum absolute atomic E-state index is 10.6. The predicted octanol–water partition coefficient (Wildman–Crippen LogP) is 1.88. The number of rotatable bonds is 2. The van der Waals surface area contributed by atoms with Gasteiger partial charge in [0.1, 0.15) is 6.10 Å². The molecule has 0 aromatic rings. The molecule has 0 N–H and O–H groups in total. The molecule has 0 saturated carbocycles. The van der Waals surface area contributed by atoms with E-state index in [4.69, 9.17) is 9.47 Å². The van der Waals surface area contributed by atoms with Gasteiger partial charge in [0, 0.05) is 12.8 Å². The van der Waals surface area contributed by atoms with Crippen LogP contribution in [0.2, 0.25) is 0 Å². The van der Waals surface area contributed by atoms with Crippen LogP contribution in [0.25, 0.3) is 0 Å². The fourth-order valence-corrected chi connectivity index (χ4v) is 1.23. The largest absolute Gasteiger partial charge is 0.467 e. The summed E-state index contributed by atoms with van der Waals surface area (Å²) in [5.74, 6) is 0.280. The van der Waals surface area contributed by atoms with Crippen LogP contribution in [0.1, 0.15) is 27.7 Å². The molecule has 0 spiro atoms. The summed E-state index contributed by atoms with van der Waals surface area (Å²) < 4.78 is 11.0. The zero-order chi connectivity index (χ0) is 10.1. The number of ether oxygens (including phenoxy) is 2. The number of hydrogen-bond donors (Lipinski definition) is 0. The van der Waals surface area contributed by atoms with E-state index in [1.54, 1.807) is 6.08 Å². The molecule has 2 atom stereocenters. The van der Waals surface area contributed by atoms with Crippen molar-refractivity contribution in [3.8, 4) is 0 Å². The van der Waals surface area contributed by atoms with Crippen LogP contribution in [0.15, 0.2) is 11.8 Å². The quantitative estimate of drug-likeness (QED) is 0.615. The Morgan fingerprint density at radius 3 is 2.69 bits per heavy atom. The second-order valence-electron chi connectivity index (χ2n) is 3.77. The fourth-order valence-electron chi connectivity index (χ4n) is 1.23. The van der Waals surface area contributed by atoms with E-state index in [1.165, 1.54) is 0 Å². The minimum absolute atomic E-state index is 0.207. The predicted molar refractivity (Wildman–Crippen MR) is 49.0 cm³/mol. The molecule has 1 heterocycles. The van der Waals surface area contributed by atoms with Gasteiger partial charge in [-0.1, -0.05) is 13.8 Å². The Kier molecular flexibility index (Phi) is 2.76. The van der Waals surface area contributed by atoms with Crippen molar-refractivity contribution >= 4 is 6.29 Å². The van der Waals surface area contributed by atoms with Crippen LogP contribution in [0.5, 0.6) is 0 Å². The lowest BCUT2D eigenvalue weighted by Crippen LogP contribution is -2.43. The molecule has 1 aliphatic heterocycles. The molecule has 0 aromatic heterocycles. The van der Waals surface area contributed by atoms with E-state index in [0.29, 0.717) is 0 Å². The van der Waals surface area contributed by atoms with Crippen molar-refractivity contribution < 1.29 is 14.3 Å². The van der Waals surface area contributed by atoms with Crippen LogP contribution in [0.3, 0.4) is 0 Å².